The van der Waals surface area contributed by atoms with Crippen molar-refractivity contribution in [2.24, 2.45) is 0 Å². The van der Waals surface area contributed by atoms with Crippen LogP contribution in [0.4, 0.5) is 5.82 Å². The summed E-state index contributed by atoms with van der Waals surface area (Å²) >= 11 is 0. The molecule has 1 N–H and O–H groups in total. The van der Waals surface area contributed by atoms with Gasteiger partial charge in [-0.3, -0.25) is 4.79 Å². The van der Waals surface area contributed by atoms with E-state index in [1.54, 1.807) is 12.3 Å². The maximum atomic E-state index is 13.0. The van der Waals surface area contributed by atoms with Crippen LogP contribution in [-0.4, -0.2) is 15.9 Å². The molecule has 4 heteroatoms. The van der Waals surface area contributed by atoms with Crippen LogP contribution in [0.25, 0.3) is 22.2 Å². The van der Waals surface area contributed by atoms with Crippen molar-refractivity contribution in [1.82, 2.24) is 9.97 Å². The number of aryl methyl sites for hydroxylation is 2. The third-order valence-electron chi connectivity index (χ3n) is 4.43. The fourth-order valence-electron chi connectivity index (χ4n) is 3.04. The van der Waals surface area contributed by atoms with Crippen molar-refractivity contribution >= 4 is 22.6 Å². The van der Waals surface area contributed by atoms with Crippen LogP contribution in [0, 0.1) is 13.8 Å². The van der Waals surface area contributed by atoms with Crippen LogP contribution < -0.4 is 5.32 Å². The van der Waals surface area contributed by atoms with Crippen LogP contribution >= 0.6 is 0 Å². The molecule has 2 aromatic heterocycles. The second-order valence-electron chi connectivity index (χ2n) is 6.62. The van der Waals surface area contributed by atoms with Crippen molar-refractivity contribution in [1.29, 1.82) is 0 Å². The number of carbonyl (C=O) groups is 1. The number of hydrogen-bond donors (Lipinski definition) is 1. The second-order valence-corrected chi connectivity index (χ2v) is 6.62. The number of nitrogens with zero attached hydrogens (tertiary/aromatic N) is 2. The highest BCUT2D eigenvalue weighted by Gasteiger charge is 2.14. The SMILES string of the molecule is Cc1ccc(NC(=O)c2cc(-c3cccc(C)c3)nc3ccccc23)nc1. The Bertz CT molecular complexity index is 1130. The number of fused-ring (bicyclic) bond motifs is 1. The third kappa shape index (κ3) is 3.55. The summed E-state index contributed by atoms with van der Waals surface area (Å²) in [6.45, 7) is 4.00. The molecule has 132 valence electrons. The Labute approximate surface area is 157 Å². The molecule has 0 spiro atoms. The Kier molecular flexibility index (Phi) is 4.38. The van der Waals surface area contributed by atoms with Gasteiger partial charge in [0.2, 0.25) is 0 Å². The molecule has 0 fully saturated rings. The summed E-state index contributed by atoms with van der Waals surface area (Å²) in [6.07, 6.45) is 1.73. The van der Waals surface area contributed by atoms with Crippen molar-refractivity contribution < 1.29 is 4.79 Å². The molecule has 2 aromatic carbocycles. The lowest BCUT2D eigenvalue weighted by molar-refractivity contribution is 0.102. The van der Waals surface area contributed by atoms with Crippen LogP contribution in [0.3, 0.4) is 0 Å². The van der Waals surface area contributed by atoms with Crippen molar-refractivity contribution in [3.63, 3.8) is 0 Å². The average molecular weight is 353 g/mol. The summed E-state index contributed by atoms with van der Waals surface area (Å²) < 4.78 is 0. The average Bonchev–Trinajstić information content (AvgIpc) is 2.69. The van der Waals surface area contributed by atoms with E-state index in [0.717, 1.165) is 33.3 Å². The van der Waals surface area contributed by atoms with Gasteiger partial charge in [-0.1, -0.05) is 48.0 Å². The van der Waals surface area contributed by atoms with Gasteiger partial charge in [-0.15, -0.1) is 0 Å². The van der Waals surface area contributed by atoms with E-state index in [4.69, 9.17) is 4.98 Å². The Morgan fingerprint density at radius 2 is 1.74 bits per heavy atom. The van der Waals surface area contributed by atoms with E-state index in [0.29, 0.717) is 11.4 Å². The fourth-order valence-corrected chi connectivity index (χ4v) is 3.04. The predicted molar refractivity (Wildman–Crippen MR) is 109 cm³/mol. The monoisotopic (exact) mass is 353 g/mol. The smallest absolute Gasteiger partial charge is 0.257 e. The minimum Gasteiger partial charge on any atom is -0.307 e. The van der Waals surface area contributed by atoms with E-state index in [2.05, 4.69) is 16.4 Å². The first-order chi connectivity index (χ1) is 13.1. The number of amides is 1. The van der Waals surface area contributed by atoms with Crippen molar-refractivity contribution in [2.45, 2.75) is 13.8 Å². The largest absolute Gasteiger partial charge is 0.307 e. The summed E-state index contributed by atoms with van der Waals surface area (Å²) in [5, 5.41) is 3.71. The standard InChI is InChI=1S/C23H19N3O/c1-15-6-5-7-17(12-15)21-13-19(18-8-3-4-9-20(18)25-21)23(27)26-22-11-10-16(2)14-24-22/h3-14H,1-2H3,(H,24,26,27). The number of benzene rings is 2. The first kappa shape index (κ1) is 16.9. The molecule has 0 aliphatic rings. The van der Waals surface area contributed by atoms with Gasteiger partial charge < -0.3 is 5.32 Å². The highest BCUT2D eigenvalue weighted by atomic mass is 16.1. The van der Waals surface area contributed by atoms with Gasteiger partial charge in [-0.05, 0) is 43.7 Å². The normalized spacial score (nSPS) is 10.7. The molecule has 0 aliphatic heterocycles. The van der Waals surface area contributed by atoms with Gasteiger partial charge in [0.05, 0.1) is 16.8 Å². The fraction of sp³-hybridized carbons (Fsp3) is 0.0870. The number of para-hydroxylation sites is 1. The molecule has 0 bridgehead atoms. The van der Waals surface area contributed by atoms with E-state index in [1.807, 2.05) is 68.4 Å². The van der Waals surface area contributed by atoms with Crippen LogP contribution in [0.15, 0.2) is 72.9 Å². The Morgan fingerprint density at radius 3 is 2.52 bits per heavy atom. The highest BCUT2D eigenvalue weighted by molar-refractivity contribution is 6.12. The lowest BCUT2D eigenvalue weighted by atomic mass is 10.0. The van der Waals surface area contributed by atoms with Gasteiger partial charge in [0, 0.05) is 17.1 Å². The Hall–Kier alpha value is -3.53. The Balaban J connectivity index is 1.80. The zero-order valence-corrected chi connectivity index (χ0v) is 15.2. The number of nitrogens with one attached hydrogen (secondary N) is 1. The van der Waals surface area contributed by atoms with Gasteiger partial charge in [0.15, 0.2) is 0 Å². The van der Waals surface area contributed by atoms with E-state index in [1.165, 1.54) is 0 Å². The van der Waals surface area contributed by atoms with Crippen molar-refractivity contribution in [2.75, 3.05) is 5.32 Å². The van der Waals surface area contributed by atoms with Crippen LogP contribution in [0.1, 0.15) is 21.5 Å². The maximum absolute atomic E-state index is 13.0. The summed E-state index contributed by atoms with van der Waals surface area (Å²) in [5.74, 6) is 0.336. The molecule has 4 rings (SSSR count). The molecular formula is C23H19N3O. The topological polar surface area (TPSA) is 54.9 Å². The third-order valence-corrected chi connectivity index (χ3v) is 4.43. The molecule has 0 unspecified atom stereocenters. The summed E-state index contributed by atoms with van der Waals surface area (Å²) in [6, 6.07) is 21.4. The van der Waals surface area contributed by atoms with E-state index in [-0.39, 0.29) is 5.91 Å². The minimum atomic E-state index is -0.196. The van der Waals surface area contributed by atoms with Gasteiger partial charge in [0.1, 0.15) is 5.82 Å². The van der Waals surface area contributed by atoms with E-state index < -0.39 is 0 Å². The molecule has 1 amide bonds. The van der Waals surface area contributed by atoms with Crippen LogP contribution in [-0.2, 0) is 0 Å². The van der Waals surface area contributed by atoms with E-state index in [9.17, 15) is 4.79 Å². The number of carbonyl (C=O) groups excluding carboxylic acids is 1. The lowest BCUT2D eigenvalue weighted by Gasteiger charge is -2.11. The lowest BCUT2D eigenvalue weighted by Crippen LogP contribution is -2.14. The number of pyridine rings is 2. The van der Waals surface area contributed by atoms with Crippen molar-refractivity contribution in [3.8, 4) is 11.3 Å². The van der Waals surface area contributed by atoms with Gasteiger partial charge >= 0.3 is 0 Å². The molecule has 0 radical (unpaired) electrons. The quantitative estimate of drug-likeness (QED) is 0.553. The van der Waals surface area contributed by atoms with Gasteiger partial charge in [-0.2, -0.15) is 0 Å². The highest BCUT2D eigenvalue weighted by Crippen LogP contribution is 2.26. The molecule has 0 saturated carbocycles. The number of aromatic nitrogens is 2. The molecule has 4 nitrogen and oxygen atoms in total. The molecular weight excluding hydrogens is 334 g/mol. The minimum absolute atomic E-state index is 0.196. The predicted octanol–water partition coefficient (Wildman–Crippen LogP) is 5.17. The second kappa shape index (κ2) is 7.00. The molecule has 0 aliphatic carbocycles. The molecule has 27 heavy (non-hydrogen) atoms. The summed E-state index contributed by atoms with van der Waals surface area (Å²) in [4.78, 5) is 22.0. The summed E-state index contributed by atoms with van der Waals surface area (Å²) in [7, 11) is 0. The number of anilines is 1. The van der Waals surface area contributed by atoms with Gasteiger partial charge in [-0.25, -0.2) is 9.97 Å². The zero-order chi connectivity index (χ0) is 18.8. The first-order valence-electron chi connectivity index (χ1n) is 8.81. The zero-order valence-electron chi connectivity index (χ0n) is 15.2. The molecule has 4 aromatic rings. The molecule has 0 atom stereocenters. The van der Waals surface area contributed by atoms with Crippen LogP contribution in [0.5, 0.6) is 0 Å². The van der Waals surface area contributed by atoms with Gasteiger partial charge in [0.25, 0.3) is 5.91 Å². The first-order valence-corrected chi connectivity index (χ1v) is 8.81. The molecule has 2 heterocycles. The number of rotatable bonds is 3. The Morgan fingerprint density at radius 1 is 0.889 bits per heavy atom. The number of hydrogen-bond acceptors (Lipinski definition) is 3. The maximum Gasteiger partial charge on any atom is 0.257 e. The summed E-state index contributed by atoms with van der Waals surface area (Å²) in [5.41, 5.74) is 5.34. The van der Waals surface area contributed by atoms with E-state index >= 15 is 0 Å². The van der Waals surface area contributed by atoms with Crippen molar-refractivity contribution in [3.05, 3.63) is 89.6 Å². The van der Waals surface area contributed by atoms with Crippen LogP contribution in [0.2, 0.25) is 0 Å². The molecule has 0 saturated heterocycles.